The predicted octanol–water partition coefficient (Wildman–Crippen LogP) is 0.257. The van der Waals surface area contributed by atoms with Crippen molar-refractivity contribution in [2.45, 2.75) is 50.7 Å². The SMILES string of the molecule is Cc1cccc(Cc2ccc(CO)cc2)c1O[C@@H]1O[C@H](CO)[C@@H](O)[C@H](O)[C@H]1O. The summed E-state index contributed by atoms with van der Waals surface area (Å²) in [5.41, 5.74) is 3.52. The Labute approximate surface area is 163 Å². The molecule has 1 aliphatic heterocycles. The predicted molar refractivity (Wildman–Crippen MR) is 101 cm³/mol. The Hall–Kier alpha value is -2.00. The summed E-state index contributed by atoms with van der Waals surface area (Å²) in [6.07, 6.45) is -6.08. The second-order valence-electron chi connectivity index (χ2n) is 7.03. The van der Waals surface area contributed by atoms with Gasteiger partial charge in [-0.3, -0.25) is 0 Å². The Morgan fingerprint density at radius 2 is 1.57 bits per heavy atom. The highest BCUT2D eigenvalue weighted by atomic mass is 16.7. The van der Waals surface area contributed by atoms with E-state index in [0.717, 1.165) is 22.3 Å². The number of benzene rings is 2. The van der Waals surface area contributed by atoms with E-state index < -0.39 is 37.3 Å². The molecule has 0 unspecified atom stereocenters. The fourth-order valence-corrected chi connectivity index (χ4v) is 3.28. The van der Waals surface area contributed by atoms with E-state index in [9.17, 15) is 25.5 Å². The zero-order valence-electron chi connectivity index (χ0n) is 15.6. The maximum absolute atomic E-state index is 10.2. The van der Waals surface area contributed by atoms with E-state index in [4.69, 9.17) is 9.47 Å². The first-order valence-corrected chi connectivity index (χ1v) is 9.19. The largest absolute Gasteiger partial charge is 0.461 e. The molecule has 5 atom stereocenters. The Bertz CT molecular complexity index is 775. The van der Waals surface area contributed by atoms with Crippen LogP contribution in [0.5, 0.6) is 5.75 Å². The van der Waals surface area contributed by atoms with Gasteiger partial charge >= 0.3 is 0 Å². The maximum atomic E-state index is 10.2. The molecule has 1 saturated heterocycles. The second-order valence-corrected chi connectivity index (χ2v) is 7.03. The van der Waals surface area contributed by atoms with Crippen molar-refractivity contribution in [2.24, 2.45) is 0 Å². The Morgan fingerprint density at radius 3 is 2.21 bits per heavy atom. The Kier molecular flexibility index (Phi) is 6.66. The third-order valence-electron chi connectivity index (χ3n) is 4.98. The van der Waals surface area contributed by atoms with Gasteiger partial charge in [-0.1, -0.05) is 42.5 Å². The number of aryl methyl sites for hydroxylation is 1. The molecule has 0 amide bonds. The van der Waals surface area contributed by atoms with Crippen molar-refractivity contribution < 1.29 is 35.0 Å². The highest BCUT2D eigenvalue weighted by Gasteiger charge is 2.44. The first-order valence-electron chi connectivity index (χ1n) is 9.19. The minimum atomic E-state index is -1.49. The molecule has 1 fully saturated rings. The van der Waals surface area contributed by atoms with E-state index in [-0.39, 0.29) is 6.61 Å². The number of rotatable bonds is 6. The normalized spacial score (nSPS) is 27.6. The smallest absolute Gasteiger partial charge is 0.229 e. The molecule has 0 radical (unpaired) electrons. The van der Waals surface area contributed by atoms with Crippen LogP contribution < -0.4 is 4.74 Å². The van der Waals surface area contributed by atoms with Gasteiger partial charge in [0.1, 0.15) is 30.2 Å². The van der Waals surface area contributed by atoms with Gasteiger partial charge in [0.05, 0.1) is 13.2 Å². The summed E-state index contributed by atoms with van der Waals surface area (Å²) in [5, 5.41) is 48.7. The number of hydrogen-bond donors (Lipinski definition) is 5. The van der Waals surface area contributed by atoms with Crippen molar-refractivity contribution in [3.05, 3.63) is 64.7 Å². The average molecular weight is 390 g/mol. The van der Waals surface area contributed by atoms with E-state index in [1.54, 1.807) is 0 Å². The molecule has 28 heavy (non-hydrogen) atoms. The molecule has 0 saturated carbocycles. The number of aliphatic hydroxyl groups excluding tert-OH is 5. The van der Waals surface area contributed by atoms with E-state index in [1.165, 1.54) is 0 Å². The lowest BCUT2D eigenvalue weighted by Crippen LogP contribution is -2.60. The number of ether oxygens (including phenoxy) is 2. The molecular weight excluding hydrogens is 364 g/mol. The van der Waals surface area contributed by atoms with Crippen LogP contribution in [0, 0.1) is 6.92 Å². The summed E-state index contributed by atoms with van der Waals surface area (Å²) >= 11 is 0. The van der Waals surface area contributed by atoms with Crippen molar-refractivity contribution in [3.8, 4) is 5.75 Å². The van der Waals surface area contributed by atoms with Gasteiger partial charge in [-0.05, 0) is 29.2 Å². The zero-order valence-corrected chi connectivity index (χ0v) is 15.6. The van der Waals surface area contributed by atoms with Crippen molar-refractivity contribution >= 4 is 0 Å². The number of para-hydroxylation sites is 1. The first kappa shape index (κ1) is 20.7. The minimum absolute atomic E-state index is 0.0177. The minimum Gasteiger partial charge on any atom is -0.461 e. The summed E-state index contributed by atoms with van der Waals surface area (Å²) in [7, 11) is 0. The van der Waals surface area contributed by atoms with Crippen molar-refractivity contribution in [2.75, 3.05) is 6.61 Å². The van der Waals surface area contributed by atoms with Gasteiger partial charge in [0.25, 0.3) is 0 Å². The van der Waals surface area contributed by atoms with Crippen molar-refractivity contribution in [1.82, 2.24) is 0 Å². The fraction of sp³-hybridized carbons (Fsp3) is 0.429. The molecule has 1 heterocycles. The lowest BCUT2D eigenvalue weighted by molar-refractivity contribution is -0.277. The Morgan fingerprint density at radius 1 is 0.893 bits per heavy atom. The average Bonchev–Trinajstić information content (AvgIpc) is 2.71. The summed E-state index contributed by atoms with van der Waals surface area (Å²) in [4.78, 5) is 0. The molecule has 7 heteroatoms. The summed E-state index contributed by atoms with van der Waals surface area (Å²) in [6.45, 7) is 1.33. The van der Waals surface area contributed by atoms with Gasteiger partial charge in [-0.25, -0.2) is 0 Å². The van der Waals surface area contributed by atoms with Crippen LogP contribution in [0.3, 0.4) is 0 Å². The molecule has 5 N–H and O–H groups in total. The molecular formula is C21H26O7. The summed E-state index contributed by atoms with van der Waals surface area (Å²) < 4.78 is 11.4. The van der Waals surface area contributed by atoms with Crippen LogP contribution in [-0.4, -0.2) is 62.8 Å². The fourth-order valence-electron chi connectivity index (χ4n) is 3.28. The molecule has 3 rings (SSSR count). The molecule has 2 aromatic rings. The monoisotopic (exact) mass is 390 g/mol. The maximum Gasteiger partial charge on any atom is 0.229 e. The first-order chi connectivity index (χ1) is 13.4. The molecule has 0 aromatic heterocycles. The summed E-state index contributed by atoms with van der Waals surface area (Å²) in [6, 6.07) is 13.2. The lowest BCUT2D eigenvalue weighted by atomic mass is 9.98. The van der Waals surface area contributed by atoms with Crippen LogP contribution in [0.15, 0.2) is 42.5 Å². The van der Waals surface area contributed by atoms with E-state index in [1.807, 2.05) is 49.4 Å². The van der Waals surface area contributed by atoms with Gasteiger partial charge < -0.3 is 35.0 Å². The van der Waals surface area contributed by atoms with E-state index >= 15 is 0 Å². The molecule has 0 bridgehead atoms. The molecule has 1 aliphatic rings. The standard InChI is InChI=1S/C21H26O7/c1-12-3-2-4-15(9-13-5-7-14(10-22)8-6-13)20(12)28-21-19(26)18(25)17(24)16(11-23)27-21/h2-8,16-19,21-26H,9-11H2,1H3/t16-,17-,18+,19-,21+/m1/s1. The number of hydrogen-bond acceptors (Lipinski definition) is 7. The van der Waals surface area contributed by atoms with Crippen LogP contribution in [0.1, 0.15) is 22.3 Å². The highest BCUT2D eigenvalue weighted by Crippen LogP contribution is 2.30. The van der Waals surface area contributed by atoms with Gasteiger partial charge in [-0.2, -0.15) is 0 Å². The second kappa shape index (κ2) is 9.00. The summed E-state index contributed by atoms with van der Waals surface area (Å²) in [5.74, 6) is 0.512. The van der Waals surface area contributed by atoms with Gasteiger partial charge in [0, 0.05) is 6.42 Å². The van der Waals surface area contributed by atoms with Gasteiger partial charge in [0.2, 0.25) is 6.29 Å². The van der Waals surface area contributed by atoms with Crippen molar-refractivity contribution in [1.29, 1.82) is 0 Å². The van der Waals surface area contributed by atoms with E-state index in [2.05, 4.69) is 0 Å². The van der Waals surface area contributed by atoms with E-state index in [0.29, 0.717) is 12.2 Å². The van der Waals surface area contributed by atoms with Crippen LogP contribution in [0.2, 0.25) is 0 Å². The quantitative estimate of drug-likeness (QED) is 0.480. The van der Waals surface area contributed by atoms with Gasteiger partial charge in [-0.15, -0.1) is 0 Å². The third kappa shape index (κ3) is 4.35. The molecule has 0 spiro atoms. The van der Waals surface area contributed by atoms with Crippen LogP contribution in [-0.2, 0) is 17.8 Å². The molecule has 0 aliphatic carbocycles. The van der Waals surface area contributed by atoms with Gasteiger partial charge in [0.15, 0.2) is 0 Å². The van der Waals surface area contributed by atoms with Crippen LogP contribution in [0.4, 0.5) is 0 Å². The van der Waals surface area contributed by atoms with Crippen LogP contribution in [0.25, 0.3) is 0 Å². The highest BCUT2D eigenvalue weighted by molar-refractivity contribution is 5.43. The third-order valence-corrected chi connectivity index (χ3v) is 4.98. The number of aliphatic hydroxyl groups is 5. The van der Waals surface area contributed by atoms with Crippen molar-refractivity contribution in [3.63, 3.8) is 0 Å². The lowest BCUT2D eigenvalue weighted by Gasteiger charge is -2.40. The van der Waals surface area contributed by atoms with Crippen LogP contribution >= 0.6 is 0 Å². The molecule has 2 aromatic carbocycles. The topological polar surface area (TPSA) is 120 Å². The molecule has 152 valence electrons. The zero-order chi connectivity index (χ0) is 20.3. The Balaban J connectivity index is 1.83. The molecule has 7 nitrogen and oxygen atoms in total.